The lowest BCUT2D eigenvalue weighted by molar-refractivity contribution is -0.237. The molecule has 10 nitrogen and oxygen atoms in total. The number of rotatable bonds is 7. The zero-order valence-electron chi connectivity index (χ0n) is 16.7. The van der Waals surface area contributed by atoms with Crippen LogP contribution in [0.15, 0.2) is 0 Å². The highest BCUT2D eigenvalue weighted by molar-refractivity contribution is 8.22. The van der Waals surface area contributed by atoms with Gasteiger partial charge >= 0.3 is 23.9 Å². The third-order valence-electron chi connectivity index (χ3n) is 3.42. The van der Waals surface area contributed by atoms with E-state index in [0.29, 0.717) is 6.61 Å². The van der Waals surface area contributed by atoms with E-state index in [0.717, 1.165) is 25.6 Å². The van der Waals surface area contributed by atoms with Crippen LogP contribution in [0.2, 0.25) is 0 Å². The normalized spacial score (nSPS) is 26.0. The Morgan fingerprint density at radius 1 is 0.828 bits per heavy atom. The lowest BCUT2D eigenvalue weighted by Gasteiger charge is -2.43. The van der Waals surface area contributed by atoms with Gasteiger partial charge in [-0.05, 0) is 30.9 Å². The minimum Gasteiger partial charge on any atom is -0.479 e. The molecular formula is C17H24O10S2. The van der Waals surface area contributed by atoms with E-state index < -0.39 is 53.7 Å². The number of carbonyl (C=O) groups excluding carboxylic acids is 4. The first-order valence-corrected chi connectivity index (χ1v) is 9.97. The number of thioether (sulfide) groups is 1. The average molecular weight is 453 g/mol. The molecule has 0 N–H and O–H groups in total. The molecule has 1 fully saturated rings. The molecule has 164 valence electrons. The van der Waals surface area contributed by atoms with Crippen molar-refractivity contribution in [2.75, 3.05) is 13.2 Å². The predicted octanol–water partition coefficient (Wildman–Crippen LogP) is 1.12. The van der Waals surface area contributed by atoms with E-state index >= 15 is 0 Å². The summed E-state index contributed by atoms with van der Waals surface area (Å²) in [6.45, 7) is 6.41. The molecule has 0 saturated carbocycles. The molecule has 0 unspecified atom stereocenters. The second kappa shape index (κ2) is 11.9. The lowest BCUT2D eigenvalue weighted by atomic mass is 9.99. The highest BCUT2D eigenvalue weighted by atomic mass is 32.2. The van der Waals surface area contributed by atoms with Crippen molar-refractivity contribution in [1.82, 2.24) is 0 Å². The van der Waals surface area contributed by atoms with Crippen molar-refractivity contribution < 1.29 is 47.6 Å². The Morgan fingerprint density at radius 3 is 1.83 bits per heavy atom. The maximum Gasteiger partial charge on any atom is 0.303 e. The van der Waals surface area contributed by atoms with Gasteiger partial charge in [-0.1, -0.05) is 0 Å². The van der Waals surface area contributed by atoms with Crippen LogP contribution in [0, 0.1) is 0 Å². The van der Waals surface area contributed by atoms with Crippen molar-refractivity contribution in [3.8, 4) is 0 Å². The quantitative estimate of drug-likeness (QED) is 0.312. The Morgan fingerprint density at radius 2 is 1.34 bits per heavy atom. The van der Waals surface area contributed by atoms with Gasteiger partial charge in [-0.3, -0.25) is 19.2 Å². The third-order valence-corrected chi connectivity index (χ3v) is 4.75. The molecule has 12 heteroatoms. The minimum absolute atomic E-state index is 0.105. The Balaban J connectivity index is 3.29. The zero-order valence-corrected chi connectivity index (χ0v) is 18.3. The molecule has 1 saturated heterocycles. The number of thiocarbonyl (C=S) groups is 1. The summed E-state index contributed by atoms with van der Waals surface area (Å²) in [5.74, 6) is -2.66. The highest BCUT2D eigenvalue weighted by Gasteiger charge is 2.52. The summed E-state index contributed by atoms with van der Waals surface area (Å²) in [5, 5.41) is 0. The van der Waals surface area contributed by atoms with Crippen LogP contribution >= 0.6 is 24.0 Å². The molecule has 0 amide bonds. The Labute approximate surface area is 177 Å². The first-order chi connectivity index (χ1) is 13.5. The van der Waals surface area contributed by atoms with E-state index in [2.05, 4.69) is 0 Å². The third kappa shape index (κ3) is 8.54. The summed E-state index contributed by atoms with van der Waals surface area (Å²) in [5.41, 5.74) is -0.977. The standard InChI is InChI=1S/C17H24O10S2/c1-6-22-17(28)29-16-15(26-11(5)21)14(25-10(4)20)13(24-9(3)19)12(27-16)7-23-8(2)18/h12-16H,6-7H2,1-5H3/t12-,13+,14+,15-,16+/m0/s1. The van der Waals surface area contributed by atoms with Gasteiger partial charge in [0.25, 0.3) is 0 Å². The molecule has 0 aromatic carbocycles. The number of hydrogen-bond acceptors (Lipinski definition) is 12. The fourth-order valence-corrected chi connectivity index (χ4v) is 3.85. The van der Waals surface area contributed by atoms with E-state index in [1.807, 2.05) is 0 Å². The molecule has 0 radical (unpaired) electrons. The largest absolute Gasteiger partial charge is 0.479 e. The molecule has 0 aliphatic carbocycles. The van der Waals surface area contributed by atoms with Crippen LogP contribution in [0.4, 0.5) is 0 Å². The van der Waals surface area contributed by atoms with Crippen molar-refractivity contribution in [2.45, 2.75) is 64.5 Å². The van der Waals surface area contributed by atoms with Gasteiger partial charge in [-0.25, -0.2) is 0 Å². The summed E-state index contributed by atoms with van der Waals surface area (Å²) in [7, 11) is 0. The molecule has 0 aromatic rings. The van der Waals surface area contributed by atoms with E-state index in [9.17, 15) is 19.2 Å². The number of carbonyl (C=O) groups is 4. The van der Waals surface area contributed by atoms with Gasteiger partial charge < -0.3 is 28.4 Å². The molecule has 1 rings (SSSR count). The maximum absolute atomic E-state index is 11.7. The van der Waals surface area contributed by atoms with Gasteiger partial charge in [-0.2, -0.15) is 0 Å². The predicted molar refractivity (Wildman–Crippen MR) is 104 cm³/mol. The van der Waals surface area contributed by atoms with E-state index in [1.54, 1.807) is 6.92 Å². The highest BCUT2D eigenvalue weighted by Crippen LogP contribution is 2.35. The molecular weight excluding hydrogens is 428 g/mol. The molecule has 1 aliphatic rings. The van der Waals surface area contributed by atoms with Crippen LogP contribution in [0.1, 0.15) is 34.6 Å². The van der Waals surface area contributed by atoms with E-state index in [1.165, 1.54) is 13.8 Å². The van der Waals surface area contributed by atoms with Gasteiger partial charge in [0.05, 0.1) is 6.61 Å². The van der Waals surface area contributed by atoms with Crippen molar-refractivity contribution in [2.24, 2.45) is 0 Å². The Kier molecular flexibility index (Phi) is 10.3. The minimum atomic E-state index is -1.23. The fraction of sp³-hybridized carbons (Fsp3) is 0.706. The summed E-state index contributed by atoms with van der Waals surface area (Å²) >= 11 is 6.04. The van der Waals surface area contributed by atoms with Crippen LogP contribution in [0.5, 0.6) is 0 Å². The number of hydrogen-bond donors (Lipinski definition) is 0. The van der Waals surface area contributed by atoms with Gasteiger partial charge in [0.15, 0.2) is 23.7 Å². The van der Waals surface area contributed by atoms with Crippen molar-refractivity contribution >= 4 is 52.2 Å². The van der Waals surface area contributed by atoms with Crippen molar-refractivity contribution in [3.63, 3.8) is 0 Å². The van der Waals surface area contributed by atoms with Gasteiger partial charge in [0.1, 0.15) is 12.7 Å². The molecule has 1 heterocycles. The van der Waals surface area contributed by atoms with E-state index in [-0.39, 0.29) is 11.0 Å². The van der Waals surface area contributed by atoms with Crippen molar-refractivity contribution in [3.05, 3.63) is 0 Å². The first kappa shape index (κ1) is 25.1. The van der Waals surface area contributed by atoms with Gasteiger partial charge in [0, 0.05) is 27.7 Å². The van der Waals surface area contributed by atoms with E-state index in [4.69, 9.17) is 40.6 Å². The second-order valence-corrected chi connectivity index (χ2v) is 7.57. The molecule has 29 heavy (non-hydrogen) atoms. The maximum atomic E-state index is 11.7. The molecule has 5 atom stereocenters. The summed E-state index contributed by atoms with van der Waals surface area (Å²) < 4.78 is 32.1. The van der Waals surface area contributed by atoms with Crippen LogP contribution in [0.3, 0.4) is 0 Å². The van der Waals surface area contributed by atoms with Gasteiger partial charge in [0.2, 0.25) is 4.38 Å². The van der Waals surface area contributed by atoms with Gasteiger partial charge in [-0.15, -0.1) is 0 Å². The smallest absolute Gasteiger partial charge is 0.303 e. The summed E-state index contributed by atoms with van der Waals surface area (Å²) in [6, 6.07) is 0. The number of ether oxygens (including phenoxy) is 6. The average Bonchev–Trinajstić information content (AvgIpc) is 2.57. The number of esters is 4. The van der Waals surface area contributed by atoms with Crippen molar-refractivity contribution in [1.29, 1.82) is 0 Å². The topological polar surface area (TPSA) is 124 Å². The summed E-state index contributed by atoms with van der Waals surface area (Å²) in [4.78, 5) is 46.2. The van der Waals surface area contributed by atoms with Crippen LogP contribution in [-0.4, -0.2) is 71.3 Å². The molecule has 1 aliphatic heterocycles. The fourth-order valence-electron chi connectivity index (χ4n) is 2.53. The Bertz CT molecular complexity index is 638. The SMILES string of the molecule is CCOC(=S)S[C@H]1O[C@@H](COC(C)=O)[C@@H](OC(C)=O)[C@@H](OC(C)=O)[C@@H]1OC(C)=O. The lowest BCUT2D eigenvalue weighted by Crippen LogP contribution is -2.61. The molecule has 0 aromatic heterocycles. The second-order valence-electron chi connectivity index (χ2n) is 5.87. The molecule has 0 bridgehead atoms. The Hall–Kier alpha value is -1.92. The van der Waals surface area contributed by atoms with Crippen LogP contribution < -0.4 is 0 Å². The summed E-state index contributed by atoms with van der Waals surface area (Å²) in [6.07, 6.45) is -4.60. The molecule has 0 spiro atoms. The van der Waals surface area contributed by atoms with Crippen LogP contribution in [0.25, 0.3) is 0 Å². The zero-order chi connectivity index (χ0) is 22.1. The van der Waals surface area contributed by atoms with Crippen LogP contribution in [-0.2, 0) is 47.6 Å². The monoisotopic (exact) mass is 452 g/mol. The first-order valence-electron chi connectivity index (χ1n) is 8.69.